The van der Waals surface area contributed by atoms with E-state index >= 15 is 0 Å². The van der Waals surface area contributed by atoms with E-state index in [-0.39, 0.29) is 16.7 Å². The molecule has 3 N–H and O–H groups in total. The fraction of sp³-hybridized carbons (Fsp3) is 0.444. The molecule has 2 aliphatic heterocycles. The number of hydrogen-bond acceptors (Lipinski definition) is 6. The average Bonchev–Trinajstić information content (AvgIpc) is 2.63. The summed E-state index contributed by atoms with van der Waals surface area (Å²) in [6.07, 6.45) is 3.78. The van der Waals surface area contributed by atoms with E-state index in [0.717, 1.165) is 25.5 Å². The quantitative estimate of drug-likeness (QED) is 0.813. The van der Waals surface area contributed by atoms with Crippen LogP contribution in [-0.2, 0) is 0 Å². The van der Waals surface area contributed by atoms with Gasteiger partial charge in [-0.05, 0) is 31.5 Å². The molecular weight excluding hydrogens is 373 g/mol. The topological polar surface area (TPSA) is 78.5 Å². The Morgan fingerprint density at radius 2 is 1.92 bits per heavy atom. The van der Waals surface area contributed by atoms with E-state index in [1.807, 2.05) is 6.07 Å². The Balaban J connectivity index is 1.67. The normalized spacial score (nSPS) is 20.8. The molecule has 1 aromatic heterocycles. The van der Waals surface area contributed by atoms with Crippen LogP contribution in [0.5, 0.6) is 5.75 Å². The summed E-state index contributed by atoms with van der Waals surface area (Å²) in [5.74, 6) is 0.879. The summed E-state index contributed by atoms with van der Waals surface area (Å²) in [5, 5.41) is 10.9. The highest BCUT2D eigenvalue weighted by Gasteiger charge is 2.30. The molecule has 2 aromatic rings. The molecule has 0 aliphatic carbocycles. The van der Waals surface area contributed by atoms with Crippen molar-refractivity contribution in [2.75, 3.05) is 36.8 Å². The lowest BCUT2D eigenvalue weighted by Crippen LogP contribution is -2.55. The van der Waals surface area contributed by atoms with E-state index in [9.17, 15) is 5.11 Å². The first-order valence-electron chi connectivity index (χ1n) is 8.83. The van der Waals surface area contributed by atoms with Crippen LogP contribution in [0.25, 0.3) is 11.3 Å². The number of piperazine rings is 1. The highest BCUT2D eigenvalue weighted by molar-refractivity contribution is 6.36. The van der Waals surface area contributed by atoms with Gasteiger partial charge in [0.15, 0.2) is 0 Å². The molecule has 8 heteroatoms. The molecule has 4 rings (SSSR count). The Morgan fingerprint density at radius 3 is 2.77 bits per heavy atom. The Bertz CT molecular complexity index is 831. The van der Waals surface area contributed by atoms with Crippen molar-refractivity contribution in [1.29, 1.82) is 0 Å². The number of aromatic nitrogens is 2. The van der Waals surface area contributed by atoms with E-state index in [2.05, 4.69) is 19.8 Å². The van der Waals surface area contributed by atoms with E-state index < -0.39 is 0 Å². The van der Waals surface area contributed by atoms with Gasteiger partial charge in [-0.25, -0.2) is 4.98 Å². The van der Waals surface area contributed by atoms with Crippen molar-refractivity contribution in [2.24, 2.45) is 0 Å². The van der Waals surface area contributed by atoms with E-state index in [4.69, 9.17) is 28.9 Å². The summed E-state index contributed by atoms with van der Waals surface area (Å²) < 4.78 is 0. The van der Waals surface area contributed by atoms with Crippen LogP contribution in [0, 0.1) is 0 Å². The predicted molar refractivity (Wildman–Crippen MR) is 105 cm³/mol. The molecule has 1 aromatic carbocycles. The number of piperidine rings is 1. The van der Waals surface area contributed by atoms with Crippen molar-refractivity contribution in [3.05, 3.63) is 28.2 Å². The summed E-state index contributed by atoms with van der Waals surface area (Å²) in [6, 6.07) is 5.53. The van der Waals surface area contributed by atoms with Gasteiger partial charge in [0.25, 0.3) is 0 Å². The number of hydrogen-bond donors (Lipinski definition) is 2. The molecule has 0 bridgehead atoms. The molecule has 0 amide bonds. The maximum atomic E-state index is 10.3. The van der Waals surface area contributed by atoms with Crippen LogP contribution in [0.15, 0.2) is 18.2 Å². The van der Waals surface area contributed by atoms with E-state index in [1.165, 1.54) is 31.9 Å². The maximum Gasteiger partial charge on any atom is 0.222 e. The number of halogens is 2. The third-order valence-corrected chi connectivity index (χ3v) is 5.70. The molecule has 0 saturated carbocycles. The number of rotatable bonds is 2. The molecule has 3 heterocycles. The minimum atomic E-state index is -0.0581. The Morgan fingerprint density at radius 1 is 1.08 bits per heavy atom. The Hall–Kier alpha value is -1.76. The van der Waals surface area contributed by atoms with Crippen molar-refractivity contribution < 1.29 is 5.11 Å². The molecule has 1 atom stereocenters. The second-order valence-electron chi connectivity index (χ2n) is 6.88. The van der Waals surface area contributed by atoms with Crippen LogP contribution in [0.4, 0.5) is 11.8 Å². The van der Waals surface area contributed by atoms with Gasteiger partial charge in [-0.1, -0.05) is 29.6 Å². The third kappa shape index (κ3) is 3.41. The lowest BCUT2D eigenvalue weighted by atomic mass is 9.99. The molecule has 2 saturated heterocycles. The number of nitrogens with zero attached hydrogens (tertiary/aromatic N) is 4. The Kier molecular flexibility index (Phi) is 4.82. The predicted octanol–water partition coefficient (Wildman–Crippen LogP) is 3.41. The monoisotopic (exact) mass is 393 g/mol. The number of nitrogen functional groups attached to an aromatic ring is 1. The van der Waals surface area contributed by atoms with Gasteiger partial charge >= 0.3 is 0 Å². The van der Waals surface area contributed by atoms with Gasteiger partial charge in [-0.2, -0.15) is 4.98 Å². The van der Waals surface area contributed by atoms with Crippen LogP contribution in [0.3, 0.4) is 0 Å². The lowest BCUT2D eigenvalue weighted by molar-refractivity contribution is 0.133. The van der Waals surface area contributed by atoms with Crippen LogP contribution in [-0.4, -0.2) is 52.2 Å². The zero-order chi connectivity index (χ0) is 18.3. The largest absolute Gasteiger partial charge is 0.506 e. The number of nitrogens with two attached hydrogens (primary N) is 1. The molecule has 26 heavy (non-hydrogen) atoms. The minimum Gasteiger partial charge on any atom is -0.506 e. The highest BCUT2D eigenvalue weighted by Crippen LogP contribution is 2.38. The van der Waals surface area contributed by atoms with Crippen molar-refractivity contribution in [3.63, 3.8) is 0 Å². The molecule has 2 fully saturated rings. The number of phenolic OH excluding ortho intramolecular Hbond substituents is 1. The highest BCUT2D eigenvalue weighted by atomic mass is 35.5. The first-order valence-corrected chi connectivity index (χ1v) is 9.59. The summed E-state index contributed by atoms with van der Waals surface area (Å²) in [7, 11) is 0. The smallest absolute Gasteiger partial charge is 0.222 e. The summed E-state index contributed by atoms with van der Waals surface area (Å²) in [6.45, 7) is 4.04. The van der Waals surface area contributed by atoms with Gasteiger partial charge in [-0.15, -0.1) is 0 Å². The second-order valence-corrected chi connectivity index (χ2v) is 7.73. The van der Waals surface area contributed by atoms with Gasteiger partial charge < -0.3 is 15.7 Å². The summed E-state index contributed by atoms with van der Waals surface area (Å²) in [5.41, 5.74) is 6.92. The number of phenols is 1. The molecule has 1 unspecified atom stereocenters. The lowest BCUT2D eigenvalue weighted by Gasteiger charge is -2.44. The first-order chi connectivity index (χ1) is 12.5. The zero-order valence-corrected chi connectivity index (χ0v) is 15.8. The third-order valence-electron chi connectivity index (χ3n) is 5.20. The summed E-state index contributed by atoms with van der Waals surface area (Å²) in [4.78, 5) is 13.5. The first kappa shape index (κ1) is 17.6. The minimum absolute atomic E-state index is 0.0581. The van der Waals surface area contributed by atoms with Crippen molar-refractivity contribution >= 4 is 35.0 Å². The van der Waals surface area contributed by atoms with Gasteiger partial charge in [0.05, 0.1) is 10.7 Å². The van der Waals surface area contributed by atoms with Crippen LogP contribution < -0.4 is 10.6 Å². The van der Waals surface area contributed by atoms with Crippen molar-refractivity contribution in [2.45, 2.75) is 25.3 Å². The van der Waals surface area contributed by atoms with Crippen molar-refractivity contribution in [3.8, 4) is 17.0 Å². The van der Waals surface area contributed by atoms with Crippen LogP contribution in [0.2, 0.25) is 10.0 Å². The number of aromatic hydroxyl groups is 1. The maximum absolute atomic E-state index is 10.3. The average molecular weight is 394 g/mol. The number of benzene rings is 1. The van der Waals surface area contributed by atoms with E-state index in [0.29, 0.717) is 22.3 Å². The molecular formula is C18H21Cl2N5O. The Labute approximate surface area is 162 Å². The van der Waals surface area contributed by atoms with Gasteiger partial charge in [0.2, 0.25) is 5.95 Å². The molecule has 6 nitrogen and oxygen atoms in total. The zero-order valence-electron chi connectivity index (χ0n) is 14.3. The molecule has 138 valence electrons. The van der Waals surface area contributed by atoms with Crippen LogP contribution in [0.1, 0.15) is 19.3 Å². The molecule has 2 aliphatic rings. The number of fused-ring (bicyclic) bond motifs is 1. The molecule has 0 radical (unpaired) electrons. The summed E-state index contributed by atoms with van der Waals surface area (Å²) >= 11 is 12.1. The standard InChI is InChI=1S/C18H21Cl2N5O/c19-11-7-13(17(26)14(20)8-11)15-9-16(23-18(21)22-15)25-6-5-24-4-2-1-3-12(24)10-25/h7-9,12,26H,1-6,10H2,(H2,21,22,23). The SMILES string of the molecule is Nc1nc(-c2cc(Cl)cc(Cl)c2O)cc(N2CCN3CCCCC3C2)n1. The van der Waals surface area contributed by atoms with Crippen LogP contribution >= 0.6 is 23.2 Å². The second kappa shape index (κ2) is 7.10. The number of anilines is 2. The van der Waals surface area contributed by atoms with Gasteiger partial charge in [0.1, 0.15) is 11.6 Å². The van der Waals surface area contributed by atoms with Gasteiger partial charge in [0, 0.05) is 42.3 Å². The fourth-order valence-corrected chi connectivity index (χ4v) is 4.37. The van der Waals surface area contributed by atoms with Gasteiger partial charge in [-0.3, -0.25) is 4.90 Å². The van der Waals surface area contributed by atoms with Crippen molar-refractivity contribution in [1.82, 2.24) is 14.9 Å². The fourth-order valence-electron chi connectivity index (χ4n) is 3.88. The molecule has 0 spiro atoms. The van der Waals surface area contributed by atoms with E-state index in [1.54, 1.807) is 6.07 Å².